The number of anilines is 1. The molecule has 0 spiro atoms. The molecule has 1 atom stereocenters. The number of rotatable bonds is 8. The Kier molecular flexibility index (Phi) is 7.65. The lowest BCUT2D eigenvalue weighted by Crippen LogP contribution is -2.47. The summed E-state index contributed by atoms with van der Waals surface area (Å²) in [6.45, 7) is 7.95. The molecule has 0 fully saturated rings. The predicted molar refractivity (Wildman–Crippen MR) is 114 cm³/mol. The van der Waals surface area contributed by atoms with Gasteiger partial charge in [0.15, 0.2) is 0 Å². The molecule has 6 nitrogen and oxygen atoms in total. The number of aliphatic carboxylic acids is 1. The number of benzene rings is 2. The first-order chi connectivity index (χ1) is 13.7. The molecule has 0 aliphatic heterocycles. The van der Waals surface area contributed by atoms with Gasteiger partial charge in [0.25, 0.3) is 0 Å². The quantitative estimate of drug-likeness (QED) is 0.702. The van der Waals surface area contributed by atoms with E-state index in [4.69, 9.17) is 4.74 Å². The first kappa shape index (κ1) is 22.3. The second-order valence-corrected chi connectivity index (χ2v) is 7.95. The average Bonchev–Trinajstić information content (AvgIpc) is 2.64. The van der Waals surface area contributed by atoms with Crippen LogP contribution in [0.4, 0.5) is 10.5 Å². The summed E-state index contributed by atoms with van der Waals surface area (Å²) in [5, 5.41) is 12.7. The summed E-state index contributed by atoms with van der Waals surface area (Å²) in [7, 11) is 0. The van der Waals surface area contributed by atoms with Gasteiger partial charge in [0, 0.05) is 25.2 Å². The number of ether oxygens (including phenoxy) is 1. The number of para-hydroxylation sites is 1. The number of nitrogens with zero attached hydrogens (tertiary/aromatic N) is 1. The first-order valence-corrected chi connectivity index (χ1v) is 9.73. The minimum atomic E-state index is -0.908. The fraction of sp³-hybridized carbons (Fsp3) is 0.391. The van der Waals surface area contributed by atoms with Gasteiger partial charge in [-0.3, -0.25) is 0 Å². The number of alkyl carbamates (subject to hydrolysis) is 1. The Morgan fingerprint density at radius 2 is 1.69 bits per heavy atom. The minimum absolute atomic E-state index is 0.266. The highest BCUT2D eigenvalue weighted by atomic mass is 16.6. The molecule has 2 N–H and O–H groups in total. The van der Waals surface area contributed by atoms with Crippen molar-refractivity contribution in [2.75, 3.05) is 18.0 Å². The number of carbonyl (C=O) groups is 2. The molecule has 0 unspecified atom stereocenters. The lowest BCUT2D eigenvalue weighted by Gasteiger charge is -2.32. The lowest BCUT2D eigenvalue weighted by molar-refractivity contribution is -0.138. The summed E-state index contributed by atoms with van der Waals surface area (Å²) in [5.41, 5.74) is 2.17. The highest BCUT2D eigenvalue weighted by Gasteiger charge is 2.27. The smallest absolute Gasteiger partial charge is 0.407 e. The summed E-state index contributed by atoms with van der Waals surface area (Å²) < 4.78 is 5.27. The highest BCUT2D eigenvalue weighted by molar-refractivity contribution is 5.79. The van der Waals surface area contributed by atoms with Crippen LogP contribution in [0.25, 0.3) is 0 Å². The lowest BCUT2D eigenvalue weighted by atomic mass is 10.0. The summed E-state index contributed by atoms with van der Waals surface area (Å²) in [6, 6.07) is 16.4. The Hall–Kier alpha value is -3.02. The fourth-order valence-electron chi connectivity index (χ4n) is 3.09. The van der Waals surface area contributed by atoms with Gasteiger partial charge in [-0.1, -0.05) is 48.5 Å². The van der Waals surface area contributed by atoms with Gasteiger partial charge in [-0.25, -0.2) is 9.59 Å². The molecule has 2 aromatic rings. The van der Waals surface area contributed by atoms with Crippen LogP contribution in [-0.2, 0) is 16.0 Å². The standard InChI is InChI=1S/C23H30N2O4/c1-17-10-8-9-13-19(17)25(15-14-24-22(28)29-23(2,3)4)20(21(26)27)16-18-11-6-5-7-12-18/h5-13,20H,14-16H2,1-4H3,(H,24,28)(H,26,27)/t20-/m0/s1. The zero-order valence-corrected chi connectivity index (χ0v) is 17.5. The number of aryl methyl sites for hydroxylation is 1. The van der Waals surface area contributed by atoms with Crippen LogP contribution in [0.3, 0.4) is 0 Å². The summed E-state index contributed by atoms with van der Waals surface area (Å²) in [6.07, 6.45) is -0.158. The predicted octanol–water partition coefficient (Wildman–Crippen LogP) is 4.02. The Morgan fingerprint density at radius 1 is 1.07 bits per heavy atom. The Labute approximate surface area is 172 Å². The van der Waals surface area contributed by atoms with Crippen molar-refractivity contribution in [3.8, 4) is 0 Å². The molecule has 0 aromatic heterocycles. The van der Waals surface area contributed by atoms with Gasteiger partial charge in [-0.2, -0.15) is 0 Å². The number of amides is 1. The number of carboxylic acid groups (broad SMARTS) is 1. The average molecular weight is 399 g/mol. The van der Waals surface area contributed by atoms with Crippen LogP contribution in [0.2, 0.25) is 0 Å². The van der Waals surface area contributed by atoms with Crippen molar-refractivity contribution in [3.63, 3.8) is 0 Å². The van der Waals surface area contributed by atoms with Crippen LogP contribution in [0, 0.1) is 6.92 Å². The maximum absolute atomic E-state index is 12.2. The molecule has 6 heteroatoms. The van der Waals surface area contributed by atoms with Gasteiger partial charge in [0.1, 0.15) is 11.6 Å². The number of nitrogens with one attached hydrogen (secondary N) is 1. The number of carbonyl (C=O) groups excluding carboxylic acids is 1. The maximum Gasteiger partial charge on any atom is 0.407 e. The second kappa shape index (κ2) is 9.96. The molecule has 156 valence electrons. The van der Waals surface area contributed by atoms with Crippen molar-refractivity contribution in [2.24, 2.45) is 0 Å². The van der Waals surface area contributed by atoms with E-state index >= 15 is 0 Å². The van der Waals surface area contributed by atoms with E-state index in [0.29, 0.717) is 13.0 Å². The molecular formula is C23H30N2O4. The van der Waals surface area contributed by atoms with Gasteiger partial charge < -0.3 is 20.1 Å². The van der Waals surface area contributed by atoms with Crippen molar-refractivity contribution >= 4 is 17.7 Å². The van der Waals surface area contributed by atoms with E-state index in [1.165, 1.54) is 0 Å². The van der Waals surface area contributed by atoms with E-state index in [-0.39, 0.29) is 6.54 Å². The van der Waals surface area contributed by atoms with Crippen LogP contribution in [0.5, 0.6) is 0 Å². The minimum Gasteiger partial charge on any atom is -0.480 e. The highest BCUT2D eigenvalue weighted by Crippen LogP contribution is 2.23. The van der Waals surface area contributed by atoms with Crippen LogP contribution >= 0.6 is 0 Å². The van der Waals surface area contributed by atoms with Gasteiger partial charge in [0.05, 0.1) is 0 Å². The molecule has 29 heavy (non-hydrogen) atoms. The van der Waals surface area contributed by atoms with E-state index in [0.717, 1.165) is 16.8 Å². The molecular weight excluding hydrogens is 368 g/mol. The molecule has 0 heterocycles. The monoisotopic (exact) mass is 398 g/mol. The van der Waals surface area contributed by atoms with Crippen LogP contribution in [-0.4, -0.2) is 41.9 Å². The van der Waals surface area contributed by atoms with Crippen molar-refractivity contribution in [1.29, 1.82) is 0 Å². The first-order valence-electron chi connectivity index (χ1n) is 9.73. The molecule has 0 aliphatic carbocycles. The Bertz CT molecular complexity index is 815. The molecule has 0 aliphatic rings. The normalized spacial score (nSPS) is 12.1. The van der Waals surface area contributed by atoms with E-state index in [2.05, 4.69) is 5.32 Å². The second-order valence-electron chi connectivity index (χ2n) is 7.95. The zero-order chi connectivity index (χ0) is 21.4. The third-order valence-corrected chi connectivity index (χ3v) is 4.38. The third kappa shape index (κ3) is 7.14. The van der Waals surface area contributed by atoms with Gasteiger partial charge >= 0.3 is 12.1 Å². The van der Waals surface area contributed by atoms with Crippen molar-refractivity contribution in [2.45, 2.75) is 45.8 Å². The Morgan fingerprint density at radius 3 is 2.28 bits per heavy atom. The molecule has 2 aromatic carbocycles. The molecule has 0 saturated heterocycles. The van der Waals surface area contributed by atoms with E-state index in [1.807, 2.05) is 66.4 Å². The summed E-state index contributed by atoms with van der Waals surface area (Å²) >= 11 is 0. The molecule has 0 radical (unpaired) electrons. The summed E-state index contributed by atoms with van der Waals surface area (Å²) in [5.74, 6) is -0.908. The summed E-state index contributed by atoms with van der Waals surface area (Å²) in [4.78, 5) is 26.0. The fourth-order valence-corrected chi connectivity index (χ4v) is 3.09. The molecule has 1 amide bonds. The van der Waals surface area contributed by atoms with E-state index < -0.39 is 23.7 Å². The molecule has 0 bridgehead atoms. The SMILES string of the molecule is Cc1ccccc1N(CCNC(=O)OC(C)(C)C)[C@@H](Cc1ccccc1)C(=O)O. The van der Waals surface area contributed by atoms with Crippen LogP contribution in [0.15, 0.2) is 54.6 Å². The number of carboxylic acids is 1. The van der Waals surface area contributed by atoms with E-state index in [9.17, 15) is 14.7 Å². The van der Waals surface area contributed by atoms with E-state index in [1.54, 1.807) is 20.8 Å². The van der Waals surface area contributed by atoms with Crippen LogP contribution < -0.4 is 10.2 Å². The molecule has 2 rings (SSSR count). The Balaban J connectivity index is 2.20. The van der Waals surface area contributed by atoms with Gasteiger partial charge in [-0.05, 0) is 44.9 Å². The third-order valence-electron chi connectivity index (χ3n) is 4.38. The van der Waals surface area contributed by atoms with Gasteiger partial charge in [0.2, 0.25) is 0 Å². The zero-order valence-electron chi connectivity index (χ0n) is 17.5. The van der Waals surface area contributed by atoms with Crippen molar-refractivity contribution in [1.82, 2.24) is 5.32 Å². The van der Waals surface area contributed by atoms with Crippen LogP contribution in [0.1, 0.15) is 31.9 Å². The van der Waals surface area contributed by atoms with Gasteiger partial charge in [-0.15, -0.1) is 0 Å². The largest absolute Gasteiger partial charge is 0.480 e. The van der Waals surface area contributed by atoms with Crippen molar-refractivity contribution < 1.29 is 19.4 Å². The number of hydrogen-bond acceptors (Lipinski definition) is 4. The van der Waals surface area contributed by atoms with Crippen molar-refractivity contribution in [3.05, 3.63) is 65.7 Å². The maximum atomic E-state index is 12.2. The topological polar surface area (TPSA) is 78.9 Å². The molecule has 0 saturated carbocycles. The number of hydrogen-bond donors (Lipinski definition) is 2.